The third kappa shape index (κ3) is 3.42. The van der Waals surface area contributed by atoms with Crippen LogP contribution in [-0.2, 0) is 13.0 Å². The Labute approximate surface area is 131 Å². The van der Waals surface area contributed by atoms with E-state index in [-0.39, 0.29) is 0 Å². The van der Waals surface area contributed by atoms with Gasteiger partial charge in [-0.2, -0.15) is 4.98 Å². The van der Waals surface area contributed by atoms with Crippen molar-refractivity contribution in [2.45, 2.75) is 26.4 Å². The van der Waals surface area contributed by atoms with E-state index in [1.54, 1.807) is 0 Å². The van der Waals surface area contributed by atoms with Crippen LogP contribution >= 0.6 is 15.9 Å². The van der Waals surface area contributed by atoms with Gasteiger partial charge in [0.2, 0.25) is 11.7 Å². The molecule has 0 N–H and O–H groups in total. The lowest BCUT2D eigenvalue weighted by Crippen LogP contribution is -1.97. The minimum atomic E-state index is 0.315. The van der Waals surface area contributed by atoms with E-state index in [1.165, 1.54) is 5.39 Å². The lowest BCUT2D eigenvalue weighted by Gasteiger charge is -2.05. The third-order valence-electron chi connectivity index (χ3n) is 3.12. The predicted molar refractivity (Wildman–Crippen MR) is 84.3 cm³/mol. The van der Waals surface area contributed by atoms with Gasteiger partial charge in [0.05, 0.1) is 0 Å². The van der Waals surface area contributed by atoms with E-state index in [0.29, 0.717) is 18.3 Å². The van der Waals surface area contributed by atoms with Crippen molar-refractivity contribution < 1.29 is 9.26 Å². The number of aromatic nitrogens is 2. The van der Waals surface area contributed by atoms with E-state index in [9.17, 15) is 0 Å². The Morgan fingerprint density at radius 2 is 1.95 bits per heavy atom. The second kappa shape index (κ2) is 6.26. The molecule has 3 aromatic rings. The summed E-state index contributed by atoms with van der Waals surface area (Å²) in [6, 6.07) is 12.1. The van der Waals surface area contributed by atoms with Crippen molar-refractivity contribution in [3.63, 3.8) is 0 Å². The zero-order chi connectivity index (χ0) is 14.7. The van der Waals surface area contributed by atoms with Crippen LogP contribution in [0, 0.1) is 0 Å². The number of aryl methyl sites for hydroxylation is 1. The van der Waals surface area contributed by atoms with E-state index >= 15 is 0 Å². The summed E-state index contributed by atoms with van der Waals surface area (Å²) in [6.45, 7) is 2.39. The van der Waals surface area contributed by atoms with Crippen LogP contribution < -0.4 is 4.74 Å². The maximum absolute atomic E-state index is 5.73. The Bertz CT molecular complexity index is 755. The van der Waals surface area contributed by atoms with Crippen LogP contribution in [0.2, 0.25) is 0 Å². The minimum Gasteiger partial charge on any atom is -0.485 e. The molecule has 5 heteroatoms. The minimum absolute atomic E-state index is 0.315. The SMILES string of the molecule is CCCc1nc(COc2ccc3cc(Br)ccc3c2)no1. The first-order chi connectivity index (χ1) is 10.2. The molecule has 2 aromatic carbocycles. The molecule has 0 aliphatic carbocycles. The average Bonchev–Trinajstić information content (AvgIpc) is 2.93. The molecule has 0 saturated heterocycles. The number of benzene rings is 2. The first-order valence-corrected chi connectivity index (χ1v) is 7.67. The molecular formula is C16H15BrN2O2. The fourth-order valence-corrected chi connectivity index (χ4v) is 2.48. The lowest BCUT2D eigenvalue weighted by molar-refractivity contribution is 0.285. The Morgan fingerprint density at radius 1 is 1.14 bits per heavy atom. The summed E-state index contributed by atoms with van der Waals surface area (Å²) in [5.74, 6) is 2.04. The van der Waals surface area contributed by atoms with Gasteiger partial charge in [-0.1, -0.05) is 40.1 Å². The quantitative estimate of drug-likeness (QED) is 0.681. The van der Waals surface area contributed by atoms with Gasteiger partial charge in [-0.3, -0.25) is 0 Å². The predicted octanol–water partition coefficient (Wildman–Crippen LogP) is 4.52. The molecule has 0 radical (unpaired) electrons. The smallest absolute Gasteiger partial charge is 0.226 e. The molecule has 4 nitrogen and oxygen atoms in total. The molecule has 0 amide bonds. The number of hydrogen-bond acceptors (Lipinski definition) is 4. The molecule has 0 saturated carbocycles. The largest absolute Gasteiger partial charge is 0.485 e. The van der Waals surface area contributed by atoms with Crippen LogP contribution in [0.3, 0.4) is 0 Å². The summed E-state index contributed by atoms with van der Waals surface area (Å²) in [7, 11) is 0. The van der Waals surface area contributed by atoms with Crippen LogP contribution in [0.1, 0.15) is 25.1 Å². The molecule has 0 fully saturated rings. The Hall–Kier alpha value is -1.88. The van der Waals surface area contributed by atoms with Crippen molar-refractivity contribution >= 4 is 26.7 Å². The number of halogens is 1. The molecule has 3 rings (SSSR count). The number of nitrogens with zero attached hydrogens (tertiary/aromatic N) is 2. The highest BCUT2D eigenvalue weighted by molar-refractivity contribution is 9.10. The van der Waals surface area contributed by atoms with Crippen molar-refractivity contribution in [2.75, 3.05) is 0 Å². The van der Waals surface area contributed by atoms with Gasteiger partial charge in [-0.15, -0.1) is 0 Å². The van der Waals surface area contributed by atoms with Crippen molar-refractivity contribution in [1.29, 1.82) is 0 Å². The van der Waals surface area contributed by atoms with Gasteiger partial charge in [-0.25, -0.2) is 0 Å². The molecule has 1 aromatic heterocycles. The number of hydrogen-bond donors (Lipinski definition) is 0. The Morgan fingerprint density at radius 3 is 2.81 bits per heavy atom. The van der Waals surface area contributed by atoms with Gasteiger partial charge < -0.3 is 9.26 Å². The first kappa shape index (κ1) is 14.1. The maximum atomic E-state index is 5.73. The molecule has 0 bridgehead atoms. The summed E-state index contributed by atoms with van der Waals surface area (Å²) in [4.78, 5) is 4.28. The Kier molecular flexibility index (Phi) is 4.20. The molecule has 1 heterocycles. The van der Waals surface area contributed by atoms with Crippen molar-refractivity contribution in [3.05, 3.63) is 52.6 Å². The highest BCUT2D eigenvalue weighted by Gasteiger charge is 2.06. The molecule has 0 aliphatic rings. The molecule has 0 atom stereocenters. The highest BCUT2D eigenvalue weighted by Crippen LogP contribution is 2.24. The second-order valence-electron chi connectivity index (χ2n) is 4.80. The van der Waals surface area contributed by atoms with Gasteiger partial charge in [0.1, 0.15) is 5.75 Å². The first-order valence-electron chi connectivity index (χ1n) is 6.88. The van der Waals surface area contributed by atoms with E-state index in [0.717, 1.165) is 28.5 Å². The van der Waals surface area contributed by atoms with E-state index in [4.69, 9.17) is 9.26 Å². The van der Waals surface area contributed by atoms with Crippen LogP contribution in [-0.4, -0.2) is 10.1 Å². The van der Waals surface area contributed by atoms with Crippen LogP contribution in [0.15, 0.2) is 45.4 Å². The highest BCUT2D eigenvalue weighted by atomic mass is 79.9. The van der Waals surface area contributed by atoms with Gasteiger partial charge >= 0.3 is 0 Å². The van der Waals surface area contributed by atoms with Crippen LogP contribution in [0.5, 0.6) is 5.75 Å². The monoisotopic (exact) mass is 346 g/mol. The summed E-state index contributed by atoms with van der Waals surface area (Å²) in [5, 5.41) is 6.21. The Balaban J connectivity index is 1.70. The molecule has 108 valence electrons. The second-order valence-corrected chi connectivity index (χ2v) is 5.71. The van der Waals surface area contributed by atoms with Gasteiger partial charge in [0.25, 0.3) is 0 Å². The zero-order valence-corrected chi connectivity index (χ0v) is 13.3. The standard InChI is InChI=1S/C16H15BrN2O2/c1-2-3-16-18-15(19-21-16)10-20-14-7-5-11-8-13(17)6-4-12(11)9-14/h4-9H,2-3,10H2,1H3. The van der Waals surface area contributed by atoms with Gasteiger partial charge in [-0.05, 0) is 41.5 Å². The van der Waals surface area contributed by atoms with Crippen LogP contribution in [0.4, 0.5) is 0 Å². The fraction of sp³-hybridized carbons (Fsp3) is 0.250. The van der Waals surface area contributed by atoms with Crippen LogP contribution in [0.25, 0.3) is 10.8 Å². The lowest BCUT2D eigenvalue weighted by atomic mass is 10.1. The zero-order valence-electron chi connectivity index (χ0n) is 11.7. The average molecular weight is 347 g/mol. The normalized spacial score (nSPS) is 11.0. The van der Waals surface area contributed by atoms with E-state index in [2.05, 4.69) is 45.1 Å². The van der Waals surface area contributed by atoms with E-state index < -0.39 is 0 Å². The summed E-state index contributed by atoms with van der Waals surface area (Å²) in [5.41, 5.74) is 0. The van der Waals surface area contributed by atoms with Crippen molar-refractivity contribution in [1.82, 2.24) is 10.1 Å². The van der Waals surface area contributed by atoms with Crippen molar-refractivity contribution in [3.8, 4) is 5.75 Å². The summed E-state index contributed by atoms with van der Waals surface area (Å²) >= 11 is 3.47. The summed E-state index contributed by atoms with van der Waals surface area (Å²) in [6.07, 6.45) is 1.79. The number of rotatable bonds is 5. The molecule has 21 heavy (non-hydrogen) atoms. The maximum Gasteiger partial charge on any atom is 0.226 e. The van der Waals surface area contributed by atoms with E-state index in [1.807, 2.05) is 24.3 Å². The topological polar surface area (TPSA) is 48.2 Å². The molecule has 0 unspecified atom stereocenters. The van der Waals surface area contributed by atoms with Crippen molar-refractivity contribution in [2.24, 2.45) is 0 Å². The molecular weight excluding hydrogens is 332 g/mol. The summed E-state index contributed by atoms with van der Waals surface area (Å²) < 4.78 is 11.9. The molecule has 0 aliphatic heterocycles. The number of ether oxygens (including phenoxy) is 1. The van der Waals surface area contributed by atoms with Gasteiger partial charge in [0.15, 0.2) is 6.61 Å². The fourth-order valence-electron chi connectivity index (χ4n) is 2.10. The van der Waals surface area contributed by atoms with Gasteiger partial charge in [0, 0.05) is 10.9 Å². The molecule has 0 spiro atoms. The third-order valence-corrected chi connectivity index (χ3v) is 3.61. The number of fused-ring (bicyclic) bond motifs is 1.